The predicted molar refractivity (Wildman–Crippen MR) is 84.9 cm³/mol. The largest absolute Gasteiger partial charge is 0.283 e. The van der Waals surface area contributed by atoms with Crippen molar-refractivity contribution in [3.63, 3.8) is 0 Å². The minimum absolute atomic E-state index is 0.0566. The Labute approximate surface area is 134 Å². The molecule has 8 heteroatoms. The number of nitrogens with one attached hydrogen (secondary N) is 1. The summed E-state index contributed by atoms with van der Waals surface area (Å²) < 4.78 is 51.8. The Bertz CT molecular complexity index is 1020. The molecule has 0 bridgehead atoms. The number of nitriles is 1. The molecule has 0 aliphatic carbocycles. The molecule has 3 rings (SSSR count). The van der Waals surface area contributed by atoms with Gasteiger partial charge in [0.25, 0.3) is 0 Å². The van der Waals surface area contributed by atoms with Crippen molar-refractivity contribution in [1.82, 2.24) is 0 Å². The number of fused-ring (bicyclic) bond motifs is 1. The van der Waals surface area contributed by atoms with Crippen molar-refractivity contribution in [2.75, 3.05) is 10.5 Å². The number of hydrogen-bond acceptors (Lipinski definition) is 5. The standard InChI is InChI=1S/C15H12N2O4S2/c16-9-11-4-3-5-12(8-11)17-23(20,21)15-10-22(18,19)14-7-2-1-6-13(14)15/h1-8,15,17H,10H2/t15-/m1/s1. The van der Waals surface area contributed by atoms with Gasteiger partial charge in [-0.2, -0.15) is 5.26 Å². The number of hydrogen-bond donors (Lipinski definition) is 1. The lowest BCUT2D eigenvalue weighted by atomic mass is 10.2. The van der Waals surface area contributed by atoms with Gasteiger partial charge in [0.1, 0.15) is 5.25 Å². The summed E-state index contributed by atoms with van der Waals surface area (Å²) in [5.74, 6) is -0.486. The van der Waals surface area contributed by atoms with Gasteiger partial charge in [-0.05, 0) is 29.8 Å². The van der Waals surface area contributed by atoms with E-state index in [-0.39, 0.29) is 16.1 Å². The van der Waals surface area contributed by atoms with Crippen molar-refractivity contribution in [2.24, 2.45) is 0 Å². The SMILES string of the molecule is N#Cc1cccc(NS(=O)(=O)[C@@H]2CS(=O)(=O)c3ccccc32)c1. The highest BCUT2D eigenvalue weighted by atomic mass is 32.2. The summed E-state index contributed by atoms with van der Waals surface area (Å²) in [4.78, 5) is 0.0566. The van der Waals surface area contributed by atoms with Crippen molar-refractivity contribution >= 4 is 25.5 Å². The van der Waals surface area contributed by atoms with Crippen molar-refractivity contribution in [1.29, 1.82) is 5.26 Å². The van der Waals surface area contributed by atoms with E-state index in [0.29, 0.717) is 5.56 Å². The Morgan fingerprint density at radius 2 is 1.87 bits per heavy atom. The number of rotatable bonds is 3. The molecule has 0 aromatic heterocycles. The van der Waals surface area contributed by atoms with Gasteiger partial charge in [0.15, 0.2) is 9.84 Å². The molecule has 118 valence electrons. The van der Waals surface area contributed by atoms with E-state index in [1.165, 1.54) is 24.3 Å². The van der Waals surface area contributed by atoms with E-state index >= 15 is 0 Å². The Balaban J connectivity index is 2.00. The third-order valence-electron chi connectivity index (χ3n) is 3.60. The van der Waals surface area contributed by atoms with E-state index in [0.717, 1.165) is 0 Å². The van der Waals surface area contributed by atoms with E-state index in [9.17, 15) is 16.8 Å². The van der Waals surface area contributed by atoms with Crippen LogP contribution in [0.3, 0.4) is 0 Å². The van der Waals surface area contributed by atoms with Crippen molar-refractivity contribution in [3.05, 3.63) is 59.7 Å². The first-order valence-electron chi connectivity index (χ1n) is 6.67. The van der Waals surface area contributed by atoms with E-state index in [1.54, 1.807) is 24.3 Å². The maximum Gasteiger partial charge on any atom is 0.240 e. The van der Waals surface area contributed by atoms with Crippen molar-refractivity contribution < 1.29 is 16.8 Å². The van der Waals surface area contributed by atoms with Gasteiger partial charge in [-0.25, -0.2) is 16.8 Å². The van der Waals surface area contributed by atoms with Crippen LogP contribution in [0.5, 0.6) is 0 Å². The minimum Gasteiger partial charge on any atom is -0.283 e. The van der Waals surface area contributed by atoms with Crippen molar-refractivity contribution in [2.45, 2.75) is 10.1 Å². The first-order chi connectivity index (χ1) is 10.8. The molecular weight excluding hydrogens is 336 g/mol. The molecule has 0 unspecified atom stereocenters. The molecule has 0 fully saturated rings. The molecule has 2 aromatic carbocycles. The summed E-state index contributed by atoms with van der Waals surface area (Å²) >= 11 is 0. The van der Waals surface area contributed by atoms with Gasteiger partial charge >= 0.3 is 0 Å². The van der Waals surface area contributed by atoms with Crippen LogP contribution in [0.15, 0.2) is 53.4 Å². The second kappa shape index (κ2) is 5.37. The molecule has 23 heavy (non-hydrogen) atoms. The lowest BCUT2D eigenvalue weighted by Crippen LogP contribution is -2.22. The number of sulfonamides is 1. The van der Waals surface area contributed by atoms with E-state index in [1.807, 2.05) is 6.07 Å². The first-order valence-corrected chi connectivity index (χ1v) is 9.87. The van der Waals surface area contributed by atoms with Crippen LogP contribution in [0.2, 0.25) is 0 Å². The second-order valence-corrected chi connectivity index (χ2v) is 9.01. The second-order valence-electron chi connectivity index (χ2n) is 5.15. The average molecular weight is 348 g/mol. The third-order valence-corrected chi connectivity index (χ3v) is 7.31. The molecule has 0 saturated carbocycles. The Morgan fingerprint density at radius 1 is 1.13 bits per heavy atom. The maximum atomic E-state index is 12.6. The number of sulfone groups is 1. The lowest BCUT2D eigenvalue weighted by Gasteiger charge is -2.14. The van der Waals surface area contributed by atoms with Crippen molar-refractivity contribution in [3.8, 4) is 6.07 Å². The molecule has 1 N–H and O–H groups in total. The Hall–Kier alpha value is -2.37. The summed E-state index contributed by atoms with van der Waals surface area (Å²) in [5.41, 5.74) is 0.812. The summed E-state index contributed by atoms with van der Waals surface area (Å²) in [7, 11) is -7.58. The van der Waals surface area contributed by atoms with Crippen LogP contribution in [-0.4, -0.2) is 22.6 Å². The maximum absolute atomic E-state index is 12.6. The summed E-state index contributed by atoms with van der Waals surface area (Å²) in [6, 6.07) is 14.0. The molecule has 0 spiro atoms. The molecule has 2 aromatic rings. The number of anilines is 1. The molecule has 0 saturated heterocycles. The fraction of sp³-hybridized carbons (Fsp3) is 0.133. The van der Waals surface area contributed by atoms with Gasteiger partial charge in [-0.1, -0.05) is 24.3 Å². The van der Waals surface area contributed by atoms with Gasteiger partial charge in [0.05, 0.1) is 22.3 Å². The monoisotopic (exact) mass is 348 g/mol. The Morgan fingerprint density at radius 3 is 2.61 bits per heavy atom. The first kappa shape index (κ1) is 15.5. The zero-order chi connectivity index (χ0) is 16.7. The van der Waals surface area contributed by atoms with Gasteiger partial charge in [-0.3, -0.25) is 4.72 Å². The highest BCUT2D eigenvalue weighted by Gasteiger charge is 2.42. The normalized spacial score (nSPS) is 18.8. The average Bonchev–Trinajstić information content (AvgIpc) is 2.80. The molecule has 1 heterocycles. The van der Waals surface area contributed by atoms with Crippen LogP contribution >= 0.6 is 0 Å². The summed E-state index contributed by atoms with van der Waals surface area (Å²) in [6.07, 6.45) is 0. The molecule has 0 radical (unpaired) electrons. The van der Waals surface area contributed by atoms with Crippen LogP contribution < -0.4 is 4.72 Å². The van der Waals surface area contributed by atoms with E-state index in [4.69, 9.17) is 5.26 Å². The highest BCUT2D eigenvalue weighted by molar-refractivity contribution is 7.96. The highest BCUT2D eigenvalue weighted by Crippen LogP contribution is 2.38. The predicted octanol–water partition coefficient (Wildman–Crippen LogP) is 1.83. The minimum atomic E-state index is -3.96. The number of nitrogens with zero attached hydrogens (tertiary/aromatic N) is 1. The smallest absolute Gasteiger partial charge is 0.240 e. The van der Waals surface area contributed by atoms with Gasteiger partial charge in [0.2, 0.25) is 10.0 Å². The zero-order valence-electron chi connectivity index (χ0n) is 11.8. The van der Waals surface area contributed by atoms with Gasteiger partial charge in [-0.15, -0.1) is 0 Å². The summed E-state index contributed by atoms with van der Waals surface area (Å²) in [5, 5.41) is 7.69. The van der Waals surface area contributed by atoms with Gasteiger partial charge in [0, 0.05) is 5.69 Å². The van der Waals surface area contributed by atoms with Crippen LogP contribution in [0, 0.1) is 11.3 Å². The Kier molecular flexibility index (Phi) is 3.62. The quantitative estimate of drug-likeness (QED) is 0.911. The van der Waals surface area contributed by atoms with E-state index in [2.05, 4.69) is 4.72 Å². The molecule has 1 aliphatic rings. The molecule has 1 aliphatic heterocycles. The zero-order valence-corrected chi connectivity index (χ0v) is 13.4. The van der Waals surface area contributed by atoms with Crippen LogP contribution in [0.1, 0.15) is 16.4 Å². The topological polar surface area (TPSA) is 104 Å². The van der Waals surface area contributed by atoms with Crippen LogP contribution in [0.4, 0.5) is 5.69 Å². The summed E-state index contributed by atoms with van der Waals surface area (Å²) in [6.45, 7) is 0. The molecular formula is C15H12N2O4S2. The van der Waals surface area contributed by atoms with Crippen LogP contribution in [0.25, 0.3) is 0 Å². The third kappa shape index (κ3) is 2.81. The fourth-order valence-electron chi connectivity index (χ4n) is 2.55. The molecule has 6 nitrogen and oxygen atoms in total. The van der Waals surface area contributed by atoms with Gasteiger partial charge < -0.3 is 0 Å². The van der Waals surface area contributed by atoms with Crippen LogP contribution in [-0.2, 0) is 19.9 Å². The number of benzene rings is 2. The molecule has 0 amide bonds. The lowest BCUT2D eigenvalue weighted by molar-refractivity contribution is 0.586. The van der Waals surface area contributed by atoms with E-state index < -0.39 is 30.9 Å². The molecule has 1 atom stereocenters. The fourth-order valence-corrected chi connectivity index (χ4v) is 6.63.